The van der Waals surface area contributed by atoms with Crippen LogP contribution in [0.4, 0.5) is 0 Å². The molecule has 0 aliphatic carbocycles. The molecule has 0 radical (unpaired) electrons. The highest BCUT2D eigenvalue weighted by molar-refractivity contribution is 6.33. The van der Waals surface area contributed by atoms with Gasteiger partial charge in [0, 0.05) is 38.3 Å². The summed E-state index contributed by atoms with van der Waals surface area (Å²) >= 11 is 6.04. The predicted molar refractivity (Wildman–Crippen MR) is 85.1 cm³/mol. The standard InChI is InChI=1S/C16H17ClN2O4/c1-23-15(21)7-6-14(20)18-8-10-19(11-9-18)16(22)12-4-2-3-5-13(12)17/h2-7H,8-11H2,1H3/b7-6+. The second-order valence-corrected chi connectivity index (χ2v) is 5.36. The molecule has 6 nitrogen and oxygen atoms in total. The molecule has 23 heavy (non-hydrogen) atoms. The molecule has 0 atom stereocenters. The lowest BCUT2D eigenvalue weighted by Crippen LogP contribution is -2.50. The van der Waals surface area contributed by atoms with Crippen LogP contribution in [0.15, 0.2) is 36.4 Å². The zero-order valence-corrected chi connectivity index (χ0v) is 13.5. The van der Waals surface area contributed by atoms with Crippen molar-refractivity contribution in [2.45, 2.75) is 0 Å². The lowest BCUT2D eigenvalue weighted by molar-refractivity contribution is -0.135. The van der Waals surface area contributed by atoms with E-state index >= 15 is 0 Å². The van der Waals surface area contributed by atoms with Crippen LogP contribution in [0.1, 0.15) is 10.4 Å². The number of amides is 2. The molecular formula is C16H17ClN2O4. The SMILES string of the molecule is COC(=O)/C=C/C(=O)N1CCN(C(=O)c2ccccc2Cl)CC1. The second-order valence-electron chi connectivity index (χ2n) is 4.95. The van der Waals surface area contributed by atoms with E-state index < -0.39 is 5.97 Å². The van der Waals surface area contributed by atoms with Crippen LogP contribution in [0.25, 0.3) is 0 Å². The van der Waals surface area contributed by atoms with Crippen LogP contribution >= 0.6 is 11.6 Å². The number of ether oxygens (including phenoxy) is 1. The van der Waals surface area contributed by atoms with Crippen molar-refractivity contribution in [2.75, 3.05) is 33.3 Å². The third-order valence-corrected chi connectivity index (χ3v) is 3.88. The number of carbonyl (C=O) groups excluding carboxylic acids is 3. The quantitative estimate of drug-likeness (QED) is 0.617. The average Bonchev–Trinajstić information content (AvgIpc) is 2.59. The third-order valence-electron chi connectivity index (χ3n) is 3.55. The smallest absolute Gasteiger partial charge is 0.330 e. The van der Waals surface area contributed by atoms with E-state index in [1.54, 1.807) is 34.1 Å². The first-order valence-electron chi connectivity index (χ1n) is 7.11. The minimum absolute atomic E-state index is 0.146. The van der Waals surface area contributed by atoms with E-state index in [2.05, 4.69) is 4.74 Å². The van der Waals surface area contributed by atoms with Gasteiger partial charge < -0.3 is 14.5 Å². The molecule has 1 heterocycles. The van der Waals surface area contributed by atoms with Crippen LogP contribution < -0.4 is 0 Å². The van der Waals surface area contributed by atoms with Crippen molar-refractivity contribution < 1.29 is 19.1 Å². The lowest BCUT2D eigenvalue weighted by atomic mass is 10.2. The Morgan fingerprint density at radius 2 is 1.65 bits per heavy atom. The number of methoxy groups -OCH3 is 1. The van der Waals surface area contributed by atoms with Crippen LogP contribution in [0.2, 0.25) is 5.02 Å². The number of benzene rings is 1. The maximum absolute atomic E-state index is 12.4. The van der Waals surface area contributed by atoms with Gasteiger partial charge in [0.1, 0.15) is 0 Å². The maximum Gasteiger partial charge on any atom is 0.330 e. The summed E-state index contributed by atoms with van der Waals surface area (Å²) in [7, 11) is 1.25. The van der Waals surface area contributed by atoms with Crippen LogP contribution in [0.5, 0.6) is 0 Å². The van der Waals surface area contributed by atoms with Gasteiger partial charge in [-0.25, -0.2) is 4.79 Å². The van der Waals surface area contributed by atoms with Gasteiger partial charge in [0.05, 0.1) is 17.7 Å². The predicted octanol–water partition coefficient (Wildman–Crippen LogP) is 1.35. The van der Waals surface area contributed by atoms with E-state index in [1.165, 1.54) is 13.2 Å². The van der Waals surface area contributed by atoms with Crippen LogP contribution in [-0.2, 0) is 14.3 Å². The molecule has 1 fully saturated rings. The van der Waals surface area contributed by atoms with E-state index in [4.69, 9.17) is 11.6 Å². The molecule has 1 saturated heterocycles. The van der Waals surface area contributed by atoms with Crippen molar-refractivity contribution >= 4 is 29.4 Å². The first-order chi connectivity index (χ1) is 11.0. The molecule has 1 aliphatic rings. The van der Waals surface area contributed by atoms with Crippen molar-refractivity contribution in [1.82, 2.24) is 9.80 Å². The number of carbonyl (C=O) groups is 3. The molecular weight excluding hydrogens is 320 g/mol. The van der Waals surface area contributed by atoms with Crippen LogP contribution in [-0.4, -0.2) is 60.9 Å². The van der Waals surface area contributed by atoms with Crippen molar-refractivity contribution in [1.29, 1.82) is 0 Å². The molecule has 2 amide bonds. The molecule has 1 aromatic carbocycles. The molecule has 0 N–H and O–H groups in total. The number of esters is 1. The van der Waals surface area contributed by atoms with Gasteiger partial charge in [-0.2, -0.15) is 0 Å². The molecule has 0 bridgehead atoms. The molecule has 1 aromatic rings. The monoisotopic (exact) mass is 336 g/mol. The lowest BCUT2D eigenvalue weighted by Gasteiger charge is -2.34. The largest absolute Gasteiger partial charge is 0.466 e. The number of rotatable bonds is 3. The van der Waals surface area contributed by atoms with Crippen LogP contribution in [0.3, 0.4) is 0 Å². The fourth-order valence-electron chi connectivity index (χ4n) is 2.25. The van der Waals surface area contributed by atoms with Gasteiger partial charge in [0.15, 0.2) is 0 Å². The minimum Gasteiger partial charge on any atom is -0.466 e. The molecule has 0 spiro atoms. The Bertz CT molecular complexity index is 637. The Labute approximate surface area is 139 Å². The number of nitrogens with zero attached hydrogens (tertiary/aromatic N) is 2. The summed E-state index contributed by atoms with van der Waals surface area (Å²) in [6.07, 6.45) is 2.26. The average molecular weight is 337 g/mol. The summed E-state index contributed by atoms with van der Waals surface area (Å²) in [4.78, 5) is 38.6. The van der Waals surface area contributed by atoms with E-state index in [1.807, 2.05) is 0 Å². The van der Waals surface area contributed by atoms with Gasteiger partial charge in [0.25, 0.3) is 5.91 Å². The summed E-state index contributed by atoms with van der Waals surface area (Å²) in [5.41, 5.74) is 0.458. The summed E-state index contributed by atoms with van der Waals surface area (Å²) in [6, 6.07) is 6.88. The number of hydrogen-bond acceptors (Lipinski definition) is 4. The Morgan fingerprint density at radius 3 is 2.26 bits per heavy atom. The highest BCUT2D eigenvalue weighted by Crippen LogP contribution is 2.18. The van der Waals surface area contributed by atoms with Gasteiger partial charge in [-0.15, -0.1) is 0 Å². The molecule has 2 rings (SSSR count). The molecule has 0 aromatic heterocycles. The molecule has 122 valence electrons. The zero-order chi connectivity index (χ0) is 16.8. The maximum atomic E-state index is 12.4. The Hall–Kier alpha value is -2.34. The summed E-state index contributed by atoms with van der Waals surface area (Å²) in [6.45, 7) is 1.64. The highest BCUT2D eigenvalue weighted by atomic mass is 35.5. The third kappa shape index (κ3) is 4.32. The van der Waals surface area contributed by atoms with Crippen molar-refractivity contribution in [3.8, 4) is 0 Å². The topological polar surface area (TPSA) is 66.9 Å². The highest BCUT2D eigenvalue weighted by Gasteiger charge is 2.24. The Morgan fingerprint density at radius 1 is 1.04 bits per heavy atom. The minimum atomic E-state index is -0.578. The fourth-order valence-corrected chi connectivity index (χ4v) is 2.46. The van der Waals surface area contributed by atoms with E-state index in [-0.39, 0.29) is 11.8 Å². The van der Waals surface area contributed by atoms with Gasteiger partial charge in [0.2, 0.25) is 5.91 Å². The number of hydrogen-bond donors (Lipinski definition) is 0. The van der Waals surface area contributed by atoms with Crippen LogP contribution in [0, 0.1) is 0 Å². The van der Waals surface area contributed by atoms with E-state index in [0.29, 0.717) is 36.8 Å². The number of piperazine rings is 1. The first kappa shape index (κ1) is 17.0. The number of halogens is 1. The van der Waals surface area contributed by atoms with E-state index in [9.17, 15) is 14.4 Å². The second kappa shape index (κ2) is 7.78. The summed E-state index contributed by atoms with van der Waals surface area (Å²) in [5.74, 6) is -1.00. The summed E-state index contributed by atoms with van der Waals surface area (Å²) in [5, 5.41) is 0.414. The molecule has 0 saturated carbocycles. The first-order valence-corrected chi connectivity index (χ1v) is 7.49. The van der Waals surface area contributed by atoms with E-state index in [0.717, 1.165) is 6.08 Å². The van der Waals surface area contributed by atoms with Gasteiger partial charge in [-0.1, -0.05) is 23.7 Å². The van der Waals surface area contributed by atoms with Crippen molar-refractivity contribution in [2.24, 2.45) is 0 Å². The normalized spacial score (nSPS) is 14.9. The van der Waals surface area contributed by atoms with Crippen molar-refractivity contribution in [3.63, 3.8) is 0 Å². The Balaban J connectivity index is 1.92. The molecule has 0 unspecified atom stereocenters. The van der Waals surface area contributed by atoms with Gasteiger partial charge in [-0.3, -0.25) is 9.59 Å². The molecule has 7 heteroatoms. The van der Waals surface area contributed by atoms with Crippen molar-refractivity contribution in [3.05, 3.63) is 47.0 Å². The zero-order valence-electron chi connectivity index (χ0n) is 12.7. The Kier molecular flexibility index (Phi) is 5.76. The molecule has 1 aliphatic heterocycles. The van der Waals surface area contributed by atoms with Gasteiger partial charge in [-0.05, 0) is 12.1 Å². The van der Waals surface area contributed by atoms with Gasteiger partial charge >= 0.3 is 5.97 Å². The fraction of sp³-hybridized carbons (Fsp3) is 0.312. The summed E-state index contributed by atoms with van der Waals surface area (Å²) < 4.78 is 4.43.